The lowest BCUT2D eigenvalue weighted by Crippen LogP contribution is -2.35. The van der Waals surface area contributed by atoms with E-state index < -0.39 is 6.04 Å². The first-order valence-corrected chi connectivity index (χ1v) is 7.07. The number of carbonyl (C=O) groups excluding carboxylic acids is 1. The Balaban J connectivity index is 3.04. The number of carbonyl (C=O) groups is 1. The lowest BCUT2D eigenvalue weighted by atomic mass is 9.94. The number of hydrogen-bond donors (Lipinski definition) is 2. The normalized spacial score (nSPS) is 12.8. The molecule has 0 saturated carbocycles. The van der Waals surface area contributed by atoms with Gasteiger partial charge in [0.05, 0.1) is 6.04 Å². The van der Waals surface area contributed by atoms with Gasteiger partial charge in [0.25, 0.3) is 0 Å². The molecule has 3 heteroatoms. The van der Waals surface area contributed by atoms with Crippen LogP contribution >= 0.6 is 0 Å². The molecule has 1 unspecified atom stereocenters. The molecule has 0 bridgehead atoms. The lowest BCUT2D eigenvalue weighted by Gasteiger charge is -2.18. The molecule has 0 aliphatic heterocycles. The molecule has 0 heterocycles. The quantitative estimate of drug-likeness (QED) is 0.851. The molecule has 3 nitrogen and oxygen atoms in total. The zero-order valence-electron chi connectivity index (χ0n) is 12.7. The third-order valence-corrected chi connectivity index (χ3v) is 3.40. The van der Waals surface area contributed by atoms with Crippen molar-refractivity contribution < 1.29 is 4.79 Å². The van der Waals surface area contributed by atoms with Crippen LogP contribution in [0.2, 0.25) is 0 Å². The summed E-state index contributed by atoms with van der Waals surface area (Å²) >= 11 is 0. The van der Waals surface area contributed by atoms with Gasteiger partial charge >= 0.3 is 0 Å². The Labute approximate surface area is 116 Å². The molecule has 1 amide bonds. The summed E-state index contributed by atoms with van der Waals surface area (Å²) in [5.41, 5.74) is 9.10. The SMILES string of the molecule is CCC(N)C(=O)Nc1ccc(C(C)C)cc1C(C)C. The van der Waals surface area contributed by atoms with Gasteiger partial charge in [-0.05, 0) is 35.4 Å². The molecule has 0 aromatic heterocycles. The van der Waals surface area contributed by atoms with E-state index in [1.165, 1.54) is 11.1 Å². The van der Waals surface area contributed by atoms with Gasteiger partial charge in [-0.1, -0.05) is 46.8 Å². The predicted octanol–water partition coefficient (Wildman–Crippen LogP) is 3.61. The average Bonchev–Trinajstić information content (AvgIpc) is 2.37. The molecule has 1 rings (SSSR count). The summed E-state index contributed by atoms with van der Waals surface area (Å²) in [5.74, 6) is 0.744. The highest BCUT2D eigenvalue weighted by Gasteiger charge is 2.15. The second kappa shape index (κ2) is 6.71. The molecule has 0 saturated heterocycles. The molecule has 106 valence electrons. The first kappa shape index (κ1) is 15.7. The number of rotatable bonds is 5. The summed E-state index contributed by atoms with van der Waals surface area (Å²) in [6.07, 6.45) is 0.646. The molecule has 0 radical (unpaired) electrons. The van der Waals surface area contributed by atoms with E-state index in [0.29, 0.717) is 18.3 Å². The van der Waals surface area contributed by atoms with Crippen molar-refractivity contribution in [2.75, 3.05) is 5.32 Å². The summed E-state index contributed by atoms with van der Waals surface area (Å²) in [5, 5.41) is 2.94. The van der Waals surface area contributed by atoms with Crippen molar-refractivity contribution in [2.24, 2.45) is 5.73 Å². The molecule has 0 aliphatic rings. The Hall–Kier alpha value is -1.35. The zero-order chi connectivity index (χ0) is 14.6. The molecule has 0 fully saturated rings. The third-order valence-electron chi connectivity index (χ3n) is 3.40. The molecule has 3 N–H and O–H groups in total. The second-order valence-electron chi connectivity index (χ2n) is 5.66. The summed E-state index contributed by atoms with van der Waals surface area (Å²) in [6, 6.07) is 5.81. The van der Waals surface area contributed by atoms with E-state index >= 15 is 0 Å². The van der Waals surface area contributed by atoms with Crippen LogP contribution < -0.4 is 11.1 Å². The first-order valence-electron chi connectivity index (χ1n) is 7.07. The predicted molar refractivity (Wildman–Crippen MR) is 81.5 cm³/mol. The largest absolute Gasteiger partial charge is 0.324 e. The maximum absolute atomic E-state index is 11.9. The van der Waals surface area contributed by atoms with Crippen molar-refractivity contribution in [3.8, 4) is 0 Å². The molecule has 19 heavy (non-hydrogen) atoms. The fraction of sp³-hybridized carbons (Fsp3) is 0.562. The highest BCUT2D eigenvalue weighted by Crippen LogP contribution is 2.28. The van der Waals surface area contributed by atoms with E-state index in [2.05, 4.69) is 45.1 Å². The van der Waals surface area contributed by atoms with Crippen LogP contribution in [0.15, 0.2) is 18.2 Å². The summed E-state index contributed by atoms with van der Waals surface area (Å²) in [6.45, 7) is 10.5. The number of benzene rings is 1. The van der Waals surface area contributed by atoms with E-state index in [-0.39, 0.29) is 5.91 Å². The highest BCUT2D eigenvalue weighted by molar-refractivity contribution is 5.95. The maximum Gasteiger partial charge on any atom is 0.241 e. The number of anilines is 1. The summed E-state index contributed by atoms with van der Waals surface area (Å²) in [7, 11) is 0. The van der Waals surface area contributed by atoms with Crippen LogP contribution in [0, 0.1) is 0 Å². The Morgan fingerprint density at radius 3 is 2.32 bits per heavy atom. The molecule has 0 spiro atoms. The minimum absolute atomic E-state index is 0.110. The number of hydrogen-bond acceptors (Lipinski definition) is 2. The van der Waals surface area contributed by atoms with Crippen molar-refractivity contribution in [3.63, 3.8) is 0 Å². The highest BCUT2D eigenvalue weighted by atomic mass is 16.2. The number of nitrogens with one attached hydrogen (secondary N) is 1. The molecule has 0 aliphatic carbocycles. The molecule has 1 aromatic rings. The first-order chi connectivity index (χ1) is 8.86. The minimum Gasteiger partial charge on any atom is -0.324 e. The van der Waals surface area contributed by atoms with Crippen molar-refractivity contribution in [2.45, 2.75) is 58.9 Å². The standard InChI is InChI=1S/C16H26N2O/c1-6-14(17)16(19)18-15-8-7-12(10(2)3)9-13(15)11(4)5/h7-11,14H,6,17H2,1-5H3,(H,18,19). The Morgan fingerprint density at radius 2 is 1.84 bits per heavy atom. The average molecular weight is 262 g/mol. The monoisotopic (exact) mass is 262 g/mol. The number of amides is 1. The van der Waals surface area contributed by atoms with Crippen LogP contribution in [0.4, 0.5) is 5.69 Å². The van der Waals surface area contributed by atoms with E-state index in [1.807, 2.05) is 13.0 Å². The van der Waals surface area contributed by atoms with Crippen molar-refractivity contribution in [1.82, 2.24) is 0 Å². The van der Waals surface area contributed by atoms with Gasteiger partial charge in [0.15, 0.2) is 0 Å². The third kappa shape index (κ3) is 4.06. The van der Waals surface area contributed by atoms with Crippen LogP contribution in [0.5, 0.6) is 0 Å². The topological polar surface area (TPSA) is 55.1 Å². The van der Waals surface area contributed by atoms with Gasteiger partial charge in [0.1, 0.15) is 0 Å². The smallest absolute Gasteiger partial charge is 0.241 e. The Bertz CT molecular complexity index is 438. The van der Waals surface area contributed by atoms with Crippen LogP contribution in [-0.4, -0.2) is 11.9 Å². The molecule has 1 atom stereocenters. The Morgan fingerprint density at radius 1 is 1.21 bits per heavy atom. The van der Waals surface area contributed by atoms with Crippen LogP contribution in [-0.2, 0) is 4.79 Å². The fourth-order valence-corrected chi connectivity index (χ4v) is 1.94. The fourth-order valence-electron chi connectivity index (χ4n) is 1.94. The molecular formula is C16H26N2O. The van der Waals surface area contributed by atoms with E-state index in [0.717, 1.165) is 5.69 Å². The van der Waals surface area contributed by atoms with Crippen molar-refractivity contribution in [1.29, 1.82) is 0 Å². The lowest BCUT2D eigenvalue weighted by molar-refractivity contribution is -0.117. The number of nitrogens with two attached hydrogens (primary N) is 1. The van der Waals surface area contributed by atoms with Gasteiger partial charge in [-0.15, -0.1) is 0 Å². The van der Waals surface area contributed by atoms with Gasteiger partial charge in [-0.2, -0.15) is 0 Å². The van der Waals surface area contributed by atoms with E-state index in [9.17, 15) is 4.79 Å². The van der Waals surface area contributed by atoms with Crippen LogP contribution in [0.3, 0.4) is 0 Å². The van der Waals surface area contributed by atoms with E-state index in [4.69, 9.17) is 5.73 Å². The maximum atomic E-state index is 11.9. The molecular weight excluding hydrogens is 236 g/mol. The van der Waals surface area contributed by atoms with Crippen molar-refractivity contribution in [3.05, 3.63) is 29.3 Å². The minimum atomic E-state index is -0.440. The van der Waals surface area contributed by atoms with Crippen LogP contribution in [0.1, 0.15) is 64.0 Å². The second-order valence-corrected chi connectivity index (χ2v) is 5.66. The van der Waals surface area contributed by atoms with Crippen molar-refractivity contribution >= 4 is 11.6 Å². The van der Waals surface area contributed by atoms with Gasteiger partial charge in [0, 0.05) is 5.69 Å². The van der Waals surface area contributed by atoms with Gasteiger partial charge in [0.2, 0.25) is 5.91 Å². The summed E-state index contributed by atoms with van der Waals surface area (Å²) < 4.78 is 0. The Kier molecular flexibility index (Phi) is 5.55. The summed E-state index contributed by atoms with van der Waals surface area (Å²) in [4.78, 5) is 11.9. The van der Waals surface area contributed by atoms with Gasteiger partial charge in [-0.25, -0.2) is 0 Å². The molecule has 1 aromatic carbocycles. The van der Waals surface area contributed by atoms with Crippen LogP contribution in [0.25, 0.3) is 0 Å². The van der Waals surface area contributed by atoms with E-state index in [1.54, 1.807) is 0 Å². The van der Waals surface area contributed by atoms with Gasteiger partial charge in [-0.3, -0.25) is 4.79 Å². The van der Waals surface area contributed by atoms with Gasteiger partial charge < -0.3 is 11.1 Å². The zero-order valence-corrected chi connectivity index (χ0v) is 12.7.